The molecule has 3 heterocycles. The van der Waals surface area contributed by atoms with E-state index in [-0.39, 0.29) is 25.1 Å². The highest BCUT2D eigenvalue weighted by Gasteiger charge is 2.34. The molecule has 152 valence electrons. The van der Waals surface area contributed by atoms with E-state index >= 15 is 0 Å². The summed E-state index contributed by atoms with van der Waals surface area (Å²) in [5.74, 6) is 0.908. The molecular weight excluding hydrogens is 386 g/mol. The summed E-state index contributed by atoms with van der Waals surface area (Å²) in [5, 5.41) is 0. The molecule has 1 aromatic heterocycles. The number of carbonyl (C=O) groups excluding carboxylic acids is 1. The second-order valence-electron chi connectivity index (χ2n) is 7.11. The van der Waals surface area contributed by atoms with Crippen LogP contribution in [0.3, 0.4) is 0 Å². The summed E-state index contributed by atoms with van der Waals surface area (Å²) in [6, 6.07) is 15.3. The van der Waals surface area contributed by atoms with E-state index < -0.39 is 17.6 Å². The van der Waals surface area contributed by atoms with Crippen molar-refractivity contribution in [3.05, 3.63) is 88.1 Å². The lowest BCUT2D eigenvalue weighted by molar-refractivity contribution is -0.0799. The Morgan fingerprint density at radius 1 is 1.00 bits per heavy atom. The van der Waals surface area contributed by atoms with E-state index in [9.17, 15) is 9.59 Å². The zero-order chi connectivity index (χ0) is 20.5. The first kappa shape index (κ1) is 18.4. The molecular formula is C22H19N3O5. The smallest absolute Gasteiger partial charge is 0.279 e. The molecule has 2 aliphatic rings. The Balaban J connectivity index is 1.49. The minimum Gasteiger partial charge on any atom is -0.454 e. The lowest BCUT2D eigenvalue weighted by atomic mass is 10.0. The molecule has 1 fully saturated rings. The van der Waals surface area contributed by atoms with Crippen LogP contribution >= 0.6 is 0 Å². The van der Waals surface area contributed by atoms with Crippen LogP contribution in [0.1, 0.15) is 33.8 Å². The van der Waals surface area contributed by atoms with Gasteiger partial charge in [-0.25, -0.2) is 4.98 Å². The molecule has 0 spiro atoms. The average molecular weight is 405 g/mol. The van der Waals surface area contributed by atoms with Crippen molar-refractivity contribution >= 4 is 5.91 Å². The highest BCUT2D eigenvalue weighted by Crippen LogP contribution is 2.38. The number of H-pyrrole nitrogens is 1. The lowest BCUT2D eigenvalue weighted by Gasteiger charge is -2.38. The molecule has 1 amide bonds. The Hall–Kier alpha value is -3.65. The van der Waals surface area contributed by atoms with Gasteiger partial charge in [0.05, 0.1) is 13.1 Å². The van der Waals surface area contributed by atoms with E-state index in [0.717, 1.165) is 11.1 Å². The Morgan fingerprint density at radius 3 is 2.57 bits per heavy atom. The first-order valence-electron chi connectivity index (χ1n) is 9.62. The summed E-state index contributed by atoms with van der Waals surface area (Å²) < 4.78 is 17.2. The third kappa shape index (κ3) is 3.42. The van der Waals surface area contributed by atoms with Crippen molar-refractivity contribution in [2.75, 3.05) is 19.9 Å². The largest absolute Gasteiger partial charge is 0.454 e. The van der Waals surface area contributed by atoms with E-state index in [0.29, 0.717) is 18.0 Å². The van der Waals surface area contributed by atoms with Gasteiger partial charge in [-0.1, -0.05) is 36.4 Å². The van der Waals surface area contributed by atoms with Gasteiger partial charge in [0.25, 0.3) is 11.5 Å². The van der Waals surface area contributed by atoms with Gasteiger partial charge < -0.3 is 24.1 Å². The fourth-order valence-corrected chi connectivity index (χ4v) is 3.73. The van der Waals surface area contributed by atoms with E-state index in [2.05, 4.69) is 9.97 Å². The van der Waals surface area contributed by atoms with Gasteiger partial charge >= 0.3 is 0 Å². The average Bonchev–Trinajstić information content (AvgIpc) is 3.27. The molecule has 1 N–H and O–H groups in total. The first-order valence-corrected chi connectivity index (χ1v) is 9.62. The lowest BCUT2D eigenvalue weighted by Crippen LogP contribution is -2.45. The van der Waals surface area contributed by atoms with E-state index in [4.69, 9.17) is 14.2 Å². The molecule has 0 unspecified atom stereocenters. The molecule has 0 radical (unpaired) electrons. The fraction of sp³-hybridized carbons (Fsp3) is 0.227. The summed E-state index contributed by atoms with van der Waals surface area (Å²) in [6.45, 7) is 0.793. The maximum Gasteiger partial charge on any atom is 0.279 e. The van der Waals surface area contributed by atoms with Crippen LogP contribution in [0.2, 0.25) is 0 Å². The number of amides is 1. The number of fused-ring (bicyclic) bond motifs is 1. The van der Waals surface area contributed by atoms with Crippen molar-refractivity contribution in [2.45, 2.75) is 12.2 Å². The fourth-order valence-electron chi connectivity index (χ4n) is 3.73. The summed E-state index contributed by atoms with van der Waals surface area (Å²) in [4.78, 5) is 33.3. The molecule has 0 aliphatic carbocycles. The second kappa shape index (κ2) is 7.64. The Bertz CT molecular complexity index is 1130. The molecule has 8 nitrogen and oxygen atoms in total. The van der Waals surface area contributed by atoms with Crippen molar-refractivity contribution in [3.63, 3.8) is 0 Å². The van der Waals surface area contributed by atoms with Crippen molar-refractivity contribution in [1.29, 1.82) is 0 Å². The van der Waals surface area contributed by atoms with Gasteiger partial charge in [-0.3, -0.25) is 9.59 Å². The molecule has 0 saturated carbocycles. The van der Waals surface area contributed by atoms with Gasteiger partial charge in [0.2, 0.25) is 6.79 Å². The minimum atomic E-state index is -0.509. The molecule has 5 rings (SSSR count). The van der Waals surface area contributed by atoms with Gasteiger partial charge in [-0.05, 0) is 23.3 Å². The van der Waals surface area contributed by atoms with Crippen LogP contribution in [0.15, 0.2) is 65.7 Å². The normalized spacial score (nSPS) is 20.2. The Labute approximate surface area is 172 Å². The number of nitrogens with one attached hydrogen (secondary N) is 1. The van der Waals surface area contributed by atoms with Crippen LogP contribution in [-0.2, 0) is 4.74 Å². The maximum absolute atomic E-state index is 13.1. The Morgan fingerprint density at radius 2 is 1.77 bits per heavy atom. The van der Waals surface area contributed by atoms with Crippen LogP contribution in [0, 0.1) is 0 Å². The third-order valence-corrected chi connectivity index (χ3v) is 5.24. The quantitative estimate of drug-likeness (QED) is 0.720. The SMILES string of the molecule is O=C(c1ncc[nH]c1=O)N1C[C@@H](c2ccccc2)O[C@@H](c2ccc3c(c2)OCO3)C1. The van der Waals surface area contributed by atoms with Crippen LogP contribution in [0.5, 0.6) is 11.5 Å². The molecule has 3 aromatic rings. The third-order valence-electron chi connectivity index (χ3n) is 5.24. The van der Waals surface area contributed by atoms with E-state index in [1.165, 1.54) is 12.4 Å². The minimum absolute atomic E-state index is 0.129. The first-order chi connectivity index (χ1) is 14.7. The number of hydrogen-bond donors (Lipinski definition) is 1. The van der Waals surface area contributed by atoms with Crippen molar-refractivity contribution in [1.82, 2.24) is 14.9 Å². The number of morpholine rings is 1. The van der Waals surface area contributed by atoms with Gasteiger partial charge in [0.1, 0.15) is 12.2 Å². The van der Waals surface area contributed by atoms with Crippen LogP contribution in [0.4, 0.5) is 0 Å². The molecule has 2 aliphatic heterocycles. The molecule has 2 aromatic carbocycles. The number of carbonyl (C=O) groups is 1. The number of benzene rings is 2. The summed E-state index contributed by atoms with van der Waals surface area (Å²) in [7, 11) is 0. The van der Waals surface area contributed by atoms with E-state index in [1.54, 1.807) is 4.90 Å². The maximum atomic E-state index is 13.1. The highest BCUT2D eigenvalue weighted by atomic mass is 16.7. The van der Waals surface area contributed by atoms with Crippen molar-refractivity contribution in [3.8, 4) is 11.5 Å². The van der Waals surface area contributed by atoms with Gasteiger partial charge in [0, 0.05) is 12.4 Å². The monoisotopic (exact) mass is 405 g/mol. The summed E-state index contributed by atoms with van der Waals surface area (Å²) in [6.07, 6.45) is 2.06. The predicted molar refractivity (Wildman–Crippen MR) is 106 cm³/mol. The summed E-state index contributed by atoms with van der Waals surface area (Å²) in [5.41, 5.74) is 1.18. The highest BCUT2D eigenvalue weighted by molar-refractivity contribution is 5.92. The number of aromatic nitrogens is 2. The molecule has 30 heavy (non-hydrogen) atoms. The molecule has 0 bridgehead atoms. The van der Waals surface area contributed by atoms with Crippen molar-refractivity contribution < 1.29 is 19.0 Å². The van der Waals surface area contributed by atoms with Crippen LogP contribution < -0.4 is 15.0 Å². The van der Waals surface area contributed by atoms with E-state index in [1.807, 2.05) is 48.5 Å². The number of aromatic amines is 1. The number of nitrogens with zero attached hydrogens (tertiary/aromatic N) is 2. The van der Waals surface area contributed by atoms with Gasteiger partial charge in [-0.2, -0.15) is 0 Å². The number of ether oxygens (including phenoxy) is 3. The number of hydrogen-bond acceptors (Lipinski definition) is 6. The zero-order valence-electron chi connectivity index (χ0n) is 16.0. The second-order valence-corrected chi connectivity index (χ2v) is 7.11. The predicted octanol–water partition coefficient (Wildman–Crippen LogP) is 2.45. The van der Waals surface area contributed by atoms with Gasteiger partial charge in [0.15, 0.2) is 17.2 Å². The topological polar surface area (TPSA) is 93.8 Å². The molecule has 1 saturated heterocycles. The standard InChI is InChI=1S/C22H19N3O5/c26-21-20(23-8-9-24-21)22(27)25-11-18(14-4-2-1-3-5-14)30-19(12-25)15-6-7-16-17(10-15)29-13-28-16/h1-10,18-19H,11-13H2,(H,24,26)/t18-,19+/m0/s1. The van der Waals surface area contributed by atoms with Gasteiger partial charge in [-0.15, -0.1) is 0 Å². The molecule has 8 heteroatoms. The Kier molecular flexibility index (Phi) is 4.68. The zero-order valence-corrected chi connectivity index (χ0v) is 16.0. The van der Waals surface area contributed by atoms with Crippen LogP contribution in [0.25, 0.3) is 0 Å². The van der Waals surface area contributed by atoms with Crippen molar-refractivity contribution in [2.24, 2.45) is 0 Å². The molecule has 2 atom stereocenters. The summed E-state index contributed by atoms with van der Waals surface area (Å²) >= 11 is 0. The number of rotatable bonds is 3. The van der Waals surface area contributed by atoms with Crippen LogP contribution in [-0.4, -0.2) is 40.7 Å².